The number of fused-ring (bicyclic) bond motifs is 1. The van der Waals surface area contributed by atoms with Crippen LogP contribution in [0.2, 0.25) is 0 Å². The lowest BCUT2D eigenvalue weighted by molar-refractivity contribution is 0.131. The molecular weight excluding hydrogens is 512 g/mol. The minimum atomic E-state index is -3.79. The van der Waals surface area contributed by atoms with Crippen molar-refractivity contribution in [1.29, 1.82) is 0 Å². The lowest BCUT2D eigenvalue weighted by Crippen LogP contribution is -2.33. The Hall–Kier alpha value is -4.15. The molecule has 1 aliphatic heterocycles. The molecule has 0 unspecified atom stereocenters. The van der Waals surface area contributed by atoms with Gasteiger partial charge in [0.25, 0.3) is 0 Å². The Morgan fingerprint density at radius 1 is 1.21 bits per heavy atom. The Kier molecular flexibility index (Phi) is 6.92. The van der Waals surface area contributed by atoms with Crippen LogP contribution in [0.4, 0.5) is 5.82 Å². The van der Waals surface area contributed by atoms with Gasteiger partial charge < -0.3 is 19.7 Å². The molecule has 0 amide bonds. The molecule has 3 N–H and O–H groups in total. The second-order valence-corrected chi connectivity index (χ2v) is 10.7. The number of methoxy groups -OCH3 is 1. The van der Waals surface area contributed by atoms with Crippen LogP contribution in [0.15, 0.2) is 46.9 Å². The number of aromatic hydroxyl groups is 1. The molecule has 2 aliphatic rings. The number of hydrogen-bond acceptors (Lipinski definition) is 10. The van der Waals surface area contributed by atoms with E-state index in [4.69, 9.17) is 9.47 Å². The van der Waals surface area contributed by atoms with Crippen LogP contribution in [0.1, 0.15) is 38.4 Å². The van der Waals surface area contributed by atoms with Crippen molar-refractivity contribution in [3.63, 3.8) is 0 Å². The van der Waals surface area contributed by atoms with E-state index in [0.29, 0.717) is 43.9 Å². The number of aliphatic imine (C=N–C) groups is 1. The highest BCUT2D eigenvalue weighted by Gasteiger charge is 2.31. The average Bonchev–Trinajstić information content (AvgIpc) is 3.27. The van der Waals surface area contributed by atoms with Gasteiger partial charge in [0.2, 0.25) is 15.9 Å². The predicted octanol–water partition coefficient (Wildman–Crippen LogP) is 2.67. The fourth-order valence-corrected chi connectivity index (χ4v) is 5.87. The van der Waals surface area contributed by atoms with E-state index in [1.165, 1.54) is 30.0 Å². The fraction of sp³-hybridized carbons (Fsp3) is 0.360. The molecule has 1 aromatic carbocycles. The van der Waals surface area contributed by atoms with Gasteiger partial charge >= 0.3 is 0 Å². The van der Waals surface area contributed by atoms with Gasteiger partial charge in [0.05, 0.1) is 37.3 Å². The van der Waals surface area contributed by atoms with Gasteiger partial charge in [-0.3, -0.25) is 9.29 Å². The Morgan fingerprint density at radius 3 is 2.74 bits per heavy atom. The number of sulfonamides is 1. The first kappa shape index (κ1) is 25.5. The molecule has 3 aromatic rings. The number of benzene rings is 1. The zero-order valence-electron chi connectivity index (χ0n) is 20.7. The van der Waals surface area contributed by atoms with Crippen molar-refractivity contribution in [2.24, 2.45) is 4.99 Å². The maximum absolute atomic E-state index is 13.1. The summed E-state index contributed by atoms with van der Waals surface area (Å²) in [4.78, 5) is 17.9. The molecule has 5 rings (SSSR count). The molecule has 3 heterocycles. The van der Waals surface area contributed by atoms with Gasteiger partial charge in [-0.1, -0.05) is 11.8 Å². The second-order valence-electron chi connectivity index (χ2n) is 8.72. The lowest BCUT2D eigenvalue weighted by atomic mass is 9.97. The molecule has 1 saturated carbocycles. The molecule has 1 aliphatic carbocycles. The van der Waals surface area contributed by atoms with Gasteiger partial charge in [-0.25, -0.2) is 28.4 Å². The Labute approximate surface area is 218 Å². The molecule has 2 aromatic heterocycles. The molecular formula is C25H26N6O6S. The summed E-state index contributed by atoms with van der Waals surface area (Å²) in [5.74, 6) is 0.666. The molecule has 0 saturated heterocycles. The number of phenolic OH excluding ortho intramolecular Hbond substituents is 1. The number of phenols is 1. The summed E-state index contributed by atoms with van der Waals surface area (Å²) >= 11 is 0. The maximum Gasteiger partial charge on any atom is 0.236 e. The van der Waals surface area contributed by atoms with E-state index in [0.717, 1.165) is 0 Å². The van der Waals surface area contributed by atoms with Gasteiger partial charge in [0.15, 0.2) is 28.6 Å². The van der Waals surface area contributed by atoms with Crippen molar-refractivity contribution >= 4 is 38.7 Å². The average molecular weight is 539 g/mol. The van der Waals surface area contributed by atoms with Crippen molar-refractivity contribution in [1.82, 2.24) is 19.5 Å². The van der Waals surface area contributed by atoms with Gasteiger partial charge in [0, 0.05) is 0 Å². The molecule has 0 spiro atoms. The highest BCUT2D eigenvalue weighted by Crippen LogP contribution is 2.37. The number of imidazole rings is 1. The lowest BCUT2D eigenvalue weighted by Gasteiger charge is -2.25. The fourth-order valence-electron chi connectivity index (χ4n) is 4.42. The van der Waals surface area contributed by atoms with Crippen LogP contribution in [0.25, 0.3) is 22.7 Å². The van der Waals surface area contributed by atoms with Crippen LogP contribution in [-0.2, 0) is 14.8 Å². The third kappa shape index (κ3) is 4.88. The monoisotopic (exact) mass is 538 g/mol. The molecule has 0 atom stereocenters. The van der Waals surface area contributed by atoms with Gasteiger partial charge in [-0.15, -0.1) is 0 Å². The van der Waals surface area contributed by atoms with E-state index in [9.17, 15) is 18.6 Å². The summed E-state index contributed by atoms with van der Waals surface area (Å²) in [7, 11) is -2.34. The summed E-state index contributed by atoms with van der Waals surface area (Å²) in [6, 6.07) is 4.75. The minimum absolute atomic E-state index is 0.0164. The number of aromatic nitrogens is 4. The largest absolute Gasteiger partial charge is 0.506 e. The van der Waals surface area contributed by atoms with Crippen LogP contribution in [0, 0.1) is 0 Å². The van der Waals surface area contributed by atoms with Gasteiger partial charge in [0.1, 0.15) is 17.2 Å². The molecule has 1 fully saturated rings. The highest BCUT2D eigenvalue weighted by molar-refractivity contribution is 7.93. The Balaban J connectivity index is 1.66. The van der Waals surface area contributed by atoms with Gasteiger partial charge in [-0.05, 0) is 50.5 Å². The molecule has 0 bridgehead atoms. The van der Waals surface area contributed by atoms with Crippen LogP contribution in [-0.4, -0.2) is 69.1 Å². The first-order valence-corrected chi connectivity index (χ1v) is 13.6. The number of aliphatic hydroxyl groups is 1. The van der Waals surface area contributed by atoms with E-state index in [2.05, 4.69) is 36.1 Å². The number of rotatable bonds is 7. The predicted molar refractivity (Wildman–Crippen MR) is 140 cm³/mol. The van der Waals surface area contributed by atoms with E-state index < -0.39 is 21.4 Å². The molecule has 13 heteroatoms. The van der Waals surface area contributed by atoms with Crippen LogP contribution in [0.3, 0.4) is 0 Å². The quantitative estimate of drug-likeness (QED) is 0.384. The first-order chi connectivity index (χ1) is 18.3. The number of hydrogen-bond donors (Lipinski definition) is 3. The Morgan fingerprint density at radius 2 is 2.00 bits per heavy atom. The second kappa shape index (κ2) is 10.3. The Bertz CT molecular complexity index is 1630. The summed E-state index contributed by atoms with van der Waals surface area (Å²) in [5.41, 5.74) is 6.52. The van der Waals surface area contributed by atoms with Crippen molar-refractivity contribution < 1.29 is 28.1 Å². The molecule has 0 radical (unpaired) electrons. The zero-order valence-corrected chi connectivity index (χ0v) is 21.6. The summed E-state index contributed by atoms with van der Waals surface area (Å²) in [5, 5.41) is 19.9. The standard InChI is InChI=1S/C25H26N6O6S/c1-3-37-21-9-4-6-17(27-21)24-29-23-25(31(24)22-18(33)7-5-8-19(22)36-2)28-20(14-26-23)30-38(34,35)16-12-10-15(32)11-13-16/h5,7-9,14-16,32-33H,3,10-13H2,1-2H3,(H,28,30)/t15-,16+. The first-order valence-electron chi connectivity index (χ1n) is 12.1. The number of anilines is 1. The van der Waals surface area contributed by atoms with Crippen molar-refractivity contribution in [3.8, 4) is 17.2 Å². The topological polar surface area (TPSA) is 161 Å². The van der Waals surface area contributed by atoms with Crippen LogP contribution >= 0.6 is 0 Å². The van der Waals surface area contributed by atoms with E-state index in [1.54, 1.807) is 12.1 Å². The number of nitrogens with zero attached hydrogens (tertiary/aromatic N) is 5. The third-order valence-corrected chi connectivity index (χ3v) is 8.08. The molecule has 38 heavy (non-hydrogen) atoms. The number of ether oxygens (including phenoxy) is 2. The highest BCUT2D eigenvalue weighted by atomic mass is 32.2. The van der Waals surface area contributed by atoms with Crippen molar-refractivity contribution in [2.75, 3.05) is 18.4 Å². The van der Waals surface area contributed by atoms with Crippen LogP contribution in [0.5, 0.6) is 11.5 Å². The number of para-hydroxylation sites is 1. The number of nitrogens with one attached hydrogen (secondary N) is 1. The van der Waals surface area contributed by atoms with E-state index >= 15 is 0 Å². The zero-order chi connectivity index (χ0) is 26.9. The van der Waals surface area contributed by atoms with Crippen LogP contribution < -0.4 is 9.46 Å². The maximum atomic E-state index is 13.1. The SMILES string of the molecule is CCOC1=NC(c2nc3ncc(NS(=O)(=O)[C@H]4CC[C@@H](O)CC4)nc3n2-c2c(O)cccc2OC)=C=C=C1. The summed E-state index contributed by atoms with van der Waals surface area (Å²) in [6.45, 7) is 2.21. The third-order valence-electron chi connectivity index (χ3n) is 6.23. The van der Waals surface area contributed by atoms with Crippen molar-refractivity contribution in [3.05, 3.63) is 47.8 Å². The normalized spacial score (nSPS) is 19.2. The summed E-state index contributed by atoms with van der Waals surface area (Å²) in [6.07, 6.45) is 3.86. The van der Waals surface area contributed by atoms with E-state index in [-0.39, 0.29) is 40.1 Å². The van der Waals surface area contributed by atoms with E-state index in [1.807, 2.05) is 6.92 Å². The smallest absolute Gasteiger partial charge is 0.236 e. The molecule has 198 valence electrons. The van der Waals surface area contributed by atoms with Gasteiger partial charge in [-0.2, -0.15) is 0 Å². The van der Waals surface area contributed by atoms with Crippen molar-refractivity contribution in [2.45, 2.75) is 44.0 Å². The number of aliphatic hydroxyl groups excluding tert-OH is 1. The summed E-state index contributed by atoms with van der Waals surface area (Å²) < 4.78 is 41.1. The minimum Gasteiger partial charge on any atom is -0.506 e. The molecule has 12 nitrogen and oxygen atoms in total.